The van der Waals surface area contributed by atoms with Crippen molar-refractivity contribution in [1.29, 1.82) is 0 Å². The molecule has 0 radical (unpaired) electrons. The van der Waals surface area contributed by atoms with Crippen LogP contribution in [0.2, 0.25) is 0 Å². The Bertz CT molecular complexity index is 1080. The van der Waals surface area contributed by atoms with E-state index in [0.717, 1.165) is 74.3 Å². The summed E-state index contributed by atoms with van der Waals surface area (Å²) in [5, 5.41) is 8.21. The first-order valence-corrected chi connectivity index (χ1v) is 12.4. The average Bonchev–Trinajstić information content (AvgIpc) is 2.85. The van der Waals surface area contributed by atoms with Gasteiger partial charge in [-0.25, -0.2) is 4.98 Å². The molecule has 34 heavy (non-hydrogen) atoms. The van der Waals surface area contributed by atoms with E-state index in [9.17, 15) is 0 Å². The van der Waals surface area contributed by atoms with Crippen molar-refractivity contribution in [3.63, 3.8) is 0 Å². The van der Waals surface area contributed by atoms with Crippen molar-refractivity contribution in [2.75, 3.05) is 56.4 Å². The normalized spacial score (nSPS) is 14.8. The van der Waals surface area contributed by atoms with Gasteiger partial charge >= 0.3 is 0 Å². The smallest absolute Gasteiger partial charge is 0.225 e. The molecule has 2 N–H and O–H groups in total. The largest absolute Gasteiger partial charge is 0.496 e. The molecule has 0 saturated carbocycles. The maximum absolute atomic E-state index is 5.68. The van der Waals surface area contributed by atoms with Crippen LogP contribution in [-0.4, -0.2) is 61.7 Å². The van der Waals surface area contributed by atoms with E-state index in [-0.39, 0.29) is 0 Å². The second kappa shape index (κ2) is 11.4. The number of nitrogens with zero attached hydrogens (tertiary/aromatic N) is 4. The fourth-order valence-corrected chi connectivity index (χ4v) is 4.62. The highest BCUT2D eigenvalue weighted by Gasteiger charge is 2.23. The average molecular weight is 463 g/mol. The maximum Gasteiger partial charge on any atom is 0.225 e. The Morgan fingerprint density at radius 2 is 1.85 bits per heavy atom. The number of hydrogen-bond donors (Lipinski definition) is 2. The Hall–Kier alpha value is -3.06. The Labute approximate surface area is 203 Å². The highest BCUT2D eigenvalue weighted by atomic mass is 16.5. The number of likely N-dealkylation sites (tertiary alicyclic amines) is 1. The van der Waals surface area contributed by atoms with Crippen LogP contribution in [0.3, 0.4) is 0 Å². The van der Waals surface area contributed by atoms with Crippen LogP contribution in [0.5, 0.6) is 5.75 Å². The quantitative estimate of drug-likeness (QED) is 0.411. The van der Waals surface area contributed by atoms with Gasteiger partial charge in [0.25, 0.3) is 0 Å². The topological polar surface area (TPSA) is 65.6 Å². The summed E-state index contributed by atoms with van der Waals surface area (Å²) < 4.78 is 5.68. The van der Waals surface area contributed by atoms with E-state index in [4.69, 9.17) is 14.7 Å². The van der Waals surface area contributed by atoms with Gasteiger partial charge in [0.1, 0.15) is 11.6 Å². The number of hydrogen-bond acceptors (Lipinski definition) is 7. The van der Waals surface area contributed by atoms with Gasteiger partial charge in [-0.05, 0) is 43.5 Å². The number of ether oxygens (including phenoxy) is 1. The number of anilines is 3. The summed E-state index contributed by atoms with van der Waals surface area (Å²) in [5.74, 6) is 2.60. The molecule has 0 amide bonds. The van der Waals surface area contributed by atoms with Gasteiger partial charge < -0.3 is 20.3 Å². The molecule has 0 bridgehead atoms. The Kier molecular flexibility index (Phi) is 8.06. The van der Waals surface area contributed by atoms with E-state index in [1.54, 1.807) is 7.11 Å². The summed E-state index contributed by atoms with van der Waals surface area (Å²) in [6.07, 6.45) is 4.40. The zero-order valence-electron chi connectivity index (χ0n) is 21.0. The molecule has 0 atom stereocenters. The lowest BCUT2D eigenvalue weighted by molar-refractivity contribution is 0.209. The molecule has 2 heterocycles. The summed E-state index contributed by atoms with van der Waals surface area (Å²) in [7, 11) is 5.93. The molecule has 3 aromatic rings. The van der Waals surface area contributed by atoms with Gasteiger partial charge in [-0.3, -0.25) is 4.90 Å². The van der Waals surface area contributed by atoms with Crippen molar-refractivity contribution in [2.45, 2.75) is 45.2 Å². The molecule has 0 unspecified atom stereocenters. The molecule has 1 fully saturated rings. The van der Waals surface area contributed by atoms with E-state index in [1.165, 1.54) is 11.3 Å². The Balaban J connectivity index is 1.43. The molecule has 0 spiro atoms. The number of methoxy groups -OCH3 is 1. The van der Waals surface area contributed by atoms with Crippen LogP contribution >= 0.6 is 0 Å². The molecule has 4 rings (SSSR count). The summed E-state index contributed by atoms with van der Waals surface area (Å²) in [5.41, 5.74) is 3.45. The lowest BCUT2D eigenvalue weighted by Gasteiger charge is -2.34. The van der Waals surface area contributed by atoms with Crippen LogP contribution in [0, 0.1) is 0 Å². The number of aromatic nitrogens is 2. The Morgan fingerprint density at radius 1 is 1.06 bits per heavy atom. The first-order valence-electron chi connectivity index (χ1n) is 12.4. The molecule has 1 aliphatic rings. The van der Waals surface area contributed by atoms with Gasteiger partial charge in [0, 0.05) is 63.0 Å². The highest BCUT2D eigenvalue weighted by Crippen LogP contribution is 2.31. The van der Waals surface area contributed by atoms with E-state index in [0.29, 0.717) is 12.0 Å². The van der Waals surface area contributed by atoms with Gasteiger partial charge in [-0.15, -0.1) is 0 Å². The lowest BCUT2D eigenvalue weighted by Crippen LogP contribution is -2.39. The summed E-state index contributed by atoms with van der Waals surface area (Å²) in [6, 6.07) is 14.9. The minimum absolute atomic E-state index is 0.393. The summed E-state index contributed by atoms with van der Waals surface area (Å²) >= 11 is 0. The molecular weight excluding hydrogens is 424 g/mol. The molecule has 2 aromatic carbocycles. The SMILES string of the molecule is CCCCNc1nc(NC2CCN(Cc3c(OC)cccc3N(C)C)CC2)c2ccccc2n1. The van der Waals surface area contributed by atoms with Gasteiger partial charge in [0.15, 0.2) is 0 Å². The van der Waals surface area contributed by atoms with E-state index < -0.39 is 0 Å². The molecule has 7 heteroatoms. The first kappa shape index (κ1) is 24.1. The molecule has 1 aliphatic heterocycles. The van der Waals surface area contributed by atoms with Crippen molar-refractivity contribution < 1.29 is 4.74 Å². The number of rotatable bonds is 10. The zero-order valence-corrected chi connectivity index (χ0v) is 21.0. The van der Waals surface area contributed by atoms with E-state index in [2.05, 4.69) is 77.9 Å². The fourth-order valence-electron chi connectivity index (χ4n) is 4.62. The number of nitrogens with one attached hydrogen (secondary N) is 2. The van der Waals surface area contributed by atoms with Crippen molar-refractivity contribution in [3.8, 4) is 5.75 Å². The number of unbranched alkanes of at least 4 members (excludes halogenated alkanes) is 1. The van der Waals surface area contributed by atoms with Gasteiger partial charge in [-0.1, -0.05) is 31.5 Å². The van der Waals surface area contributed by atoms with Crippen LogP contribution in [0.15, 0.2) is 42.5 Å². The lowest BCUT2D eigenvalue weighted by atomic mass is 10.0. The van der Waals surface area contributed by atoms with E-state index >= 15 is 0 Å². The Morgan fingerprint density at radius 3 is 2.59 bits per heavy atom. The standard InChI is InChI=1S/C27H38N6O/c1-5-6-16-28-27-30-23-11-8-7-10-21(23)26(31-27)29-20-14-17-33(18-15-20)19-22-24(32(2)3)12-9-13-25(22)34-4/h7-13,20H,5-6,14-19H2,1-4H3,(H2,28,29,30,31). The van der Waals surface area contributed by atoms with Crippen LogP contribution in [0.25, 0.3) is 10.9 Å². The van der Waals surface area contributed by atoms with Crippen molar-refractivity contribution in [1.82, 2.24) is 14.9 Å². The van der Waals surface area contributed by atoms with Crippen molar-refractivity contribution >= 4 is 28.4 Å². The summed E-state index contributed by atoms with van der Waals surface area (Å²) in [4.78, 5) is 14.2. The van der Waals surface area contributed by atoms with Crippen LogP contribution < -0.4 is 20.3 Å². The van der Waals surface area contributed by atoms with Crippen molar-refractivity contribution in [3.05, 3.63) is 48.0 Å². The van der Waals surface area contributed by atoms with Crippen molar-refractivity contribution in [2.24, 2.45) is 0 Å². The second-order valence-corrected chi connectivity index (χ2v) is 9.24. The maximum atomic E-state index is 5.68. The predicted molar refractivity (Wildman–Crippen MR) is 142 cm³/mol. The highest BCUT2D eigenvalue weighted by molar-refractivity contribution is 5.90. The fraction of sp³-hybridized carbons (Fsp3) is 0.481. The first-order chi connectivity index (χ1) is 16.6. The molecule has 1 saturated heterocycles. The number of fused-ring (bicyclic) bond motifs is 1. The van der Waals surface area contributed by atoms with Crippen LogP contribution in [0.1, 0.15) is 38.2 Å². The molecule has 0 aliphatic carbocycles. The summed E-state index contributed by atoms with van der Waals surface area (Å²) in [6.45, 7) is 6.05. The van der Waals surface area contributed by atoms with Gasteiger partial charge in [0.05, 0.1) is 12.6 Å². The second-order valence-electron chi connectivity index (χ2n) is 9.24. The third-order valence-electron chi connectivity index (χ3n) is 6.54. The van der Waals surface area contributed by atoms with Crippen LogP contribution in [-0.2, 0) is 6.54 Å². The monoisotopic (exact) mass is 462 g/mol. The van der Waals surface area contributed by atoms with Gasteiger partial charge in [0.2, 0.25) is 5.95 Å². The predicted octanol–water partition coefficient (Wildman–Crippen LogP) is 4.99. The third kappa shape index (κ3) is 5.70. The van der Waals surface area contributed by atoms with Crippen LogP contribution in [0.4, 0.5) is 17.5 Å². The number of benzene rings is 2. The molecule has 1 aromatic heterocycles. The zero-order chi connectivity index (χ0) is 23.9. The molecule has 7 nitrogen and oxygen atoms in total. The third-order valence-corrected chi connectivity index (χ3v) is 6.54. The van der Waals surface area contributed by atoms with E-state index in [1.807, 2.05) is 6.07 Å². The number of para-hydroxylation sites is 1. The van der Waals surface area contributed by atoms with Gasteiger partial charge in [-0.2, -0.15) is 4.98 Å². The number of piperidine rings is 1. The molecular formula is C27H38N6O. The molecule has 182 valence electrons. The minimum atomic E-state index is 0.393. The minimum Gasteiger partial charge on any atom is -0.496 e.